The Balaban J connectivity index is 1.92. The molecule has 0 bridgehead atoms. The smallest absolute Gasteiger partial charge is 0.205 e. The minimum atomic E-state index is -0.234. The third kappa shape index (κ3) is 2.56. The first kappa shape index (κ1) is 13.1. The summed E-state index contributed by atoms with van der Waals surface area (Å²) in [6.45, 7) is 0.798. The predicted molar refractivity (Wildman–Crippen MR) is 82.0 cm³/mol. The predicted octanol–water partition coefficient (Wildman–Crippen LogP) is 3.34. The van der Waals surface area contributed by atoms with Crippen LogP contribution in [-0.4, -0.2) is 12.3 Å². The Kier molecular flexibility index (Phi) is 3.53. The minimum Gasteiger partial charge on any atom is -0.346 e. The Morgan fingerprint density at radius 3 is 2.57 bits per heavy atom. The molecule has 0 radical (unpaired) electrons. The van der Waals surface area contributed by atoms with Crippen LogP contribution in [0.1, 0.15) is 15.9 Å². The molecule has 102 valence electrons. The monoisotopic (exact) mass is 274 g/mol. The molecule has 0 saturated heterocycles. The summed E-state index contributed by atoms with van der Waals surface area (Å²) in [6.07, 6.45) is 2.60. The minimum absolute atomic E-state index is 0.165. The molecule has 3 heteroatoms. The normalized spacial score (nSPS) is 13.7. The molecule has 1 heterocycles. The third-order valence-corrected chi connectivity index (χ3v) is 3.61. The van der Waals surface area contributed by atoms with E-state index in [0.717, 1.165) is 18.7 Å². The van der Waals surface area contributed by atoms with Gasteiger partial charge in [-0.2, -0.15) is 5.26 Å². The standard InChI is InChI=1S/C18H14N2O/c19-12-16(18(21)15-7-2-1-3-8-15)13-20-11-10-14-6-4-5-9-17(14)20/h1-9,13H,10-11H2/b16-13+. The van der Waals surface area contributed by atoms with Gasteiger partial charge in [0.2, 0.25) is 5.78 Å². The average Bonchev–Trinajstić information content (AvgIpc) is 2.96. The zero-order valence-electron chi connectivity index (χ0n) is 11.5. The quantitative estimate of drug-likeness (QED) is 0.490. The van der Waals surface area contributed by atoms with Crippen molar-refractivity contribution in [3.63, 3.8) is 0 Å². The van der Waals surface area contributed by atoms with Crippen LogP contribution in [0.15, 0.2) is 66.4 Å². The van der Waals surface area contributed by atoms with E-state index in [1.807, 2.05) is 35.2 Å². The number of para-hydroxylation sites is 1. The number of rotatable bonds is 3. The molecule has 21 heavy (non-hydrogen) atoms. The van der Waals surface area contributed by atoms with Gasteiger partial charge >= 0.3 is 0 Å². The highest BCUT2D eigenvalue weighted by atomic mass is 16.1. The SMILES string of the molecule is N#C/C(=C\N1CCc2ccccc21)C(=O)c1ccccc1. The number of carbonyl (C=O) groups excluding carboxylic acids is 1. The van der Waals surface area contributed by atoms with Gasteiger partial charge in [-0.05, 0) is 18.1 Å². The topological polar surface area (TPSA) is 44.1 Å². The van der Waals surface area contributed by atoms with Crippen LogP contribution in [0, 0.1) is 11.3 Å². The van der Waals surface area contributed by atoms with Gasteiger partial charge in [0.05, 0.1) is 0 Å². The van der Waals surface area contributed by atoms with Gasteiger partial charge in [-0.1, -0.05) is 48.5 Å². The molecule has 1 aliphatic heterocycles. The second-order valence-corrected chi connectivity index (χ2v) is 4.92. The molecule has 0 N–H and O–H groups in total. The second-order valence-electron chi connectivity index (χ2n) is 4.92. The molecule has 0 saturated carbocycles. The molecule has 0 fully saturated rings. The number of hydrogen-bond donors (Lipinski definition) is 0. The van der Waals surface area contributed by atoms with Crippen molar-refractivity contribution in [2.45, 2.75) is 6.42 Å². The number of nitriles is 1. The number of hydrogen-bond acceptors (Lipinski definition) is 3. The number of anilines is 1. The Bertz CT molecular complexity index is 741. The van der Waals surface area contributed by atoms with E-state index in [9.17, 15) is 10.1 Å². The Hall–Kier alpha value is -2.86. The van der Waals surface area contributed by atoms with Crippen molar-refractivity contribution in [2.24, 2.45) is 0 Å². The molecule has 3 rings (SSSR count). The first-order valence-corrected chi connectivity index (χ1v) is 6.86. The van der Waals surface area contributed by atoms with Crippen LogP contribution in [0.5, 0.6) is 0 Å². The number of ketones is 1. The van der Waals surface area contributed by atoms with E-state index >= 15 is 0 Å². The van der Waals surface area contributed by atoms with E-state index in [2.05, 4.69) is 6.07 Å². The van der Waals surface area contributed by atoms with Crippen molar-refractivity contribution in [2.75, 3.05) is 11.4 Å². The van der Waals surface area contributed by atoms with Crippen LogP contribution >= 0.6 is 0 Å². The molecule has 0 aromatic heterocycles. The summed E-state index contributed by atoms with van der Waals surface area (Å²) in [5.41, 5.74) is 3.03. The van der Waals surface area contributed by atoms with Gasteiger partial charge in [0, 0.05) is 24.0 Å². The van der Waals surface area contributed by atoms with E-state index in [-0.39, 0.29) is 11.4 Å². The third-order valence-electron chi connectivity index (χ3n) is 3.61. The second kappa shape index (κ2) is 5.64. The van der Waals surface area contributed by atoms with E-state index in [1.54, 1.807) is 30.5 Å². The van der Waals surface area contributed by atoms with Crippen molar-refractivity contribution < 1.29 is 4.79 Å². The van der Waals surface area contributed by atoms with Crippen LogP contribution in [0.4, 0.5) is 5.69 Å². The number of allylic oxidation sites excluding steroid dienone is 1. The number of benzene rings is 2. The van der Waals surface area contributed by atoms with Gasteiger partial charge in [0.1, 0.15) is 11.6 Å². The summed E-state index contributed by atoms with van der Waals surface area (Å²) in [5, 5.41) is 9.30. The zero-order valence-corrected chi connectivity index (χ0v) is 11.5. The van der Waals surface area contributed by atoms with Crippen molar-refractivity contribution in [1.29, 1.82) is 5.26 Å². The fourth-order valence-corrected chi connectivity index (χ4v) is 2.54. The fourth-order valence-electron chi connectivity index (χ4n) is 2.54. The molecule has 1 aliphatic rings. The average molecular weight is 274 g/mol. The summed E-state index contributed by atoms with van der Waals surface area (Å²) in [4.78, 5) is 14.3. The highest BCUT2D eigenvalue weighted by Gasteiger charge is 2.19. The lowest BCUT2D eigenvalue weighted by Crippen LogP contribution is -2.15. The fraction of sp³-hybridized carbons (Fsp3) is 0.111. The molecule has 0 aliphatic carbocycles. The maximum Gasteiger partial charge on any atom is 0.205 e. The first-order chi connectivity index (χ1) is 10.3. The Morgan fingerprint density at radius 1 is 1.10 bits per heavy atom. The van der Waals surface area contributed by atoms with Gasteiger partial charge in [-0.25, -0.2) is 0 Å². The molecule has 0 amide bonds. The van der Waals surface area contributed by atoms with Crippen molar-refractivity contribution in [1.82, 2.24) is 0 Å². The molecule has 2 aromatic rings. The van der Waals surface area contributed by atoms with Crippen LogP contribution in [-0.2, 0) is 6.42 Å². The van der Waals surface area contributed by atoms with E-state index < -0.39 is 0 Å². The largest absolute Gasteiger partial charge is 0.346 e. The van der Waals surface area contributed by atoms with Gasteiger partial charge < -0.3 is 4.90 Å². The van der Waals surface area contributed by atoms with E-state index in [4.69, 9.17) is 0 Å². The van der Waals surface area contributed by atoms with E-state index in [0.29, 0.717) is 5.56 Å². The molecule has 0 spiro atoms. The summed E-state index contributed by atoms with van der Waals surface area (Å²) in [5.74, 6) is -0.234. The summed E-state index contributed by atoms with van der Waals surface area (Å²) in [6, 6.07) is 19.0. The summed E-state index contributed by atoms with van der Waals surface area (Å²) >= 11 is 0. The zero-order chi connectivity index (χ0) is 14.7. The molecule has 2 aromatic carbocycles. The van der Waals surface area contributed by atoms with Gasteiger partial charge in [-0.15, -0.1) is 0 Å². The van der Waals surface area contributed by atoms with Crippen LogP contribution in [0.25, 0.3) is 0 Å². The van der Waals surface area contributed by atoms with Gasteiger partial charge in [0.15, 0.2) is 0 Å². The van der Waals surface area contributed by atoms with Crippen LogP contribution in [0.2, 0.25) is 0 Å². The van der Waals surface area contributed by atoms with E-state index in [1.165, 1.54) is 5.56 Å². The Labute approximate surface area is 123 Å². The molecular formula is C18H14N2O. The van der Waals surface area contributed by atoms with Crippen LogP contribution < -0.4 is 4.90 Å². The lowest BCUT2D eigenvalue weighted by atomic mass is 10.1. The maximum atomic E-state index is 12.4. The lowest BCUT2D eigenvalue weighted by molar-refractivity contribution is 0.103. The molecule has 0 atom stereocenters. The highest BCUT2D eigenvalue weighted by Crippen LogP contribution is 2.28. The maximum absolute atomic E-state index is 12.4. The number of carbonyl (C=O) groups is 1. The highest BCUT2D eigenvalue weighted by molar-refractivity contribution is 6.11. The summed E-state index contributed by atoms with van der Waals surface area (Å²) < 4.78 is 0. The Morgan fingerprint density at radius 2 is 1.81 bits per heavy atom. The van der Waals surface area contributed by atoms with Crippen LogP contribution in [0.3, 0.4) is 0 Å². The molecule has 0 unspecified atom stereocenters. The number of nitrogens with zero attached hydrogens (tertiary/aromatic N) is 2. The van der Waals surface area contributed by atoms with Crippen molar-refractivity contribution >= 4 is 11.5 Å². The molecule has 3 nitrogen and oxygen atoms in total. The van der Waals surface area contributed by atoms with Gasteiger partial charge in [-0.3, -0.25) is 4.79 Å². The van der Waals surface area contributed by atoms with Gasteiger partial charge in [0.25, 0.3) is 0 Å². The lowest BCUT2D eigenvalue weighted by Gasteiger charge is -2.14. The van der Waals surface area contributed by atoms with Crippen molar-refractivity contribution in [3.05, 3.63) is 77.5 Å². The molecular weight excluding hydrogens is 260 g/mol. The first-order valence-electron chi connectivity index (χ1n) is 6.86. The number of fused-ring (bicyclic) bond motifs is 1. The number of Topliss-reactive ketones (excluding diaryl/α,β-unsaturated/α-hetero) is 1. The summed E-state index contributed by atoms with van der Waals surface area (Å²) in [7, 11) is 0. The van der Waals surface area contributed by atoms with Crippen molar-refractivity contribution in [3.8, 4) is 6.07 Å².